The van der Waals surface area contributed by atoms with Crippen molar-refractivity contribution in [1.29, 1.82) is 0 Å². The van der Waals surface area contributed by atoms with Gasteiger partial charge in [0.25, 0.3) is 0 Å². The molecule has 1 N–H and O–H groups in total. The maximum Gasteiger partial charge on any atom is 0.416 e. The lowest BCUT2D eigenvalue weighted by atomic mass is 9.95. The maximum absolute atomic E-state index is 13.0. The summed E-state index contributed by atoms with van der Waals surface area (Å²) >= 11 is 0. The molecular formula is C19H23F3N2O2. The zero-order chi connectivity index (χ0) is 18.9. The van der Waals surface area contributed by atoms with Gasteiger partial charge in [-0.1, -0.05) is 13.0 Å². The standard InChI is InChI=1S/C19H23F3N2O2/c1-2-15-8-3-4-11-24(15)17(26)18(9-10-18)16(25)23-14-7-5-6-13(12-14)19(20,21)22/h5-7,12,15H,2-4,8-11H2,1H3,(H,23,25). The molecule has 0 radical (unpaired) electrons. The van der Waals surface area contributed by atoms with Crippen molar-refractivity contribution in [2.24, 2.45) is 5.41 Å². The van der Waals surface area contributed by atoms with E-state index in [1.54, 1.807) is 0 Å². The highest BCUT2D eigenvalue weighted by molar-refractivity contribution is 6.13. The Balaban J connectivity index is 1.74. The third-order valence-electron chi connectivity index (χ3n) is 5.40. The number of alkyl halides is 3. The predicted molar refractivity (Wildman–Crippen MR) is 91.4 cm³/mol. The Morgan fingerprint density at radius 1 is 1.27 bits per heavy atom. The molecule has 3 rings (SSSR count). The van der Waals surface area contributed by atoms with Crippen LogP contribution in [0.3, 0.4) is 0 Å². The minimum Gasteiger partial charge on any atom is -0.339 e. The van der Waals surface area contributed by atoms with Crippen molar-refractivity contribution in [3.63, 3.8) is 0 Å². The topological polar surface area (TPSA) is 49.4 Å². The van der Waals surface area contributed by atoms with Gasteiger partial charge in [0.1, 0.15) is 5.41 Å². The SMILES string of the molecule is CCC1CCCCN1C(=O)C1(C(=O)Nc2cccc(C(F)(F)F)c2)CC1. The van der Waals surface area contributed by atoms with Crippen LogP contribution < -0.4 is 5.32 Å². The van der Waals surface area contributed by atoms with Crippen molar-refractivity contribution in [3.05, 3.63) is 29.8 Å². The van der Waals surface area contributed by atoms with E-state index in [2.05, 4.69) is 5.32 Å². The van der Waals surface area contributed by atoms with Gasteiger partial charge < -0.3 is 10.2 Å². The van der Waals surface area contributed by atoms with E-state index >= 15 is 0 Å². The number of hydrogen-bond donors (Lipinski definition) is 1. The summed E-state index contributed by atoms with van der Waals surface area (Å²) in [4.78, 5) is 27.5. The van der Waals surface area contributed by atoms with E-state index in [1.807, 2.05) is 11.8 Å². The fraction of sp³-hybridized carbons (Fsp3) is 0.579. The molecule has 7 heteroatoms. The zero-order valence-corrected chi connectivity index (χ0v) is 14.7. The second-order valence-corrected chi connectivity index (χ2v) is 7.17. The number of carbonyl (C=O) groups excluding carboxylic acids is 2. The summed E-state index contributed by atoms with van der Waals surface area (Å²) in [5, 5.41) is 2.52. The molecule has 0 aromatic heterocycles. The van der Waals surface area contributed by atoms with Gasteiger partial charge in [0.2, 0.25) is 11.8 Å². The smallest absolute Gasteiger partial charge is 0.339 e. The molecule has 0 spiro atoms. The quantitative estimate of drug-likeness (QED) is 0.809. The molecule has 1 saturated heterocycles. The lowest BCUT2D eigenvalue weighted by molar-refractivity contribution is -0.145. The van der Waals surface area contributed by atoms with Crippen molar-refractivity contribution in [2.75, 3.05) is 11.9 Å². The van der Waals surface area contributed by atoms with E-state index < -0.39 is 23.1 Å². The molecule has 1 aromatic carbocycles. The van der Waals surface area contributed by atoms with Crippen molar-refractivity contribution in [2.45, 2.75) is 57.7 Å². The molecular weight excluding hydrogens is 345 g/mol. The number of rotatable bonds is 4. The summed E-state index contributed by atoms with van der Waals surface area (Å²) in [6.45, 7) is 2.68. The lowest BCUT2D eigenvalue weighted by Crippen LogP contribution is -2.49. The average molecular weight is 368 g/mol. The Bertz CT molecular complexity index is 698. The van der Waals surface area contributed by atoms with Crippen LogP contribution in [0, 0.1) is 5.41 Å². The summed E-state index contributed by atoms with van der Waals surface area (Å²) in [7, 11) is 0. The van der Waals surface area contributed by atoms with Crippen molar-refractivity contribution >= 4 is 17.5 Å². The van der Waals surface area contributed by atoms with Gasteiger partial charge in [-0.15, -0.1) is 0 Å². The molecule has 1 aliphatic carbocycles. The number of halogens is 3. The lowest BCUT2D eigenvalue weighted by Gasteiger charge is -2.37. The van der Waals surface area contributed by atoms with E-state index in [-0.39, 0.29) is 17.6 Å². The van der Waals surface area contributed by atoms with Crippen LogP contribution in [0.2, 0.25) is 0 Å². The molecule has 1 unspecified atom stereocenters. The number of benzene rings is 1. The van der Waals surface area contributed by atoms with Gasteiger partial charge in [0, 0.05) is 18.3 Å². The normalized spacial score (nSPS) is 22.0. The summed E-state index contributed by atoms with van der Waals surface area (Å²) in [6.07, 6.45) is 0.201. The predicted octanol–water partition coefficient (Wildman–Crippen LogP) is 4.22. The highest BCUT2D eigenvalue weighted by atomic mass is 19.4. The summed E-state index contributed by atoms with van der Waals surface area (Å²) in [6, 6.07) is 4.65. The van der Waals surface area contributed by atoms with Gasteiger partial charge in [-0.2, -0.15) is 13.2 Å². The number of nitrogens with zero attached hydrogens (tertiary/aromatic N) is 1. The molecule has 142 valence electrons. The average Bonchev–Trinajstić information content (AvgIpc) is 3.42. The molecule has 1 heterocycles. The highest BCUT2D eigenvalue weighted by Gasteiger charge is 2.58. The minimum absolute atomic E-state index is 0.0644. The van der Waals surface area contributed by atoms with Crippen LogP contribution in [0.5, 0.6) is 0 Å². The van der Waals surface area contributed by atoms with Crippen LogP contribution in [-0.2, 0) is 15.8 Å². The van der Waals surface area contributed by atoms with Gasteiger partial charge in [-0.25, -0.2) is 0 Å². The minimum atomic E-state index is -4.48. The number of anilines is 1. The molecule has 26 heavy (non-hydrogen) atoms. The van der Waals surface area contributed by atoms with Gasteiger partial charge in [0.05, 0.1) is 5.56 Å². The van der Waals surface area contributed by atoms with E-state index in [9.17, 15) is 22.8 Å². The third-order valence-corrected chi connectivity index (χ3v) is 5.40. The molecule has 1 aromatic rings. The van der Waals surface area contributed by atoms with Gasteiger partial charge in [-0.05, 0) is 56.7 Å². The molecule has 2 aliphatic rings. The fourth-order valence-electron chi connectivity index (χ4n) is 3.65. The van der Waals surface area contributed by atoms with E-state index in [0.29, 0.717) is 19.4 Å². The Labute approximate surface area is 150 Å². The van der Waals surface area contributed by atoms with Crippen molar-refractivity contribution in [1.82, 2.24) is 4.90 Å². The first-order valence-corrected chi connectivity index (χ1v) is 9.08. The Hall–Kier alpha value is -2.05. The van der Waals surface area contributed by atoms with Crippen LogP contribution in [-0.4, -0.2) is 29.3 Å². The molecule has 1 saturated carbocycles. The van der Waals surface area contributed by atoms with Gasteiger partial charge in [-0.3, -0.25) is 9.59 Å². The Kier molecular flexibility index (Phi) is 4.99. The molecule has 1 aliphatic heterocycles. The van der Waals surface area contributed by atoms with Gasteiger partial charge >= 0.3 is 6.18 Å². The Morgan fingerprint density at radius 2 is 2.00 bits per heavy atom. The van der Waals surface area contributed by atoms with E-state index in [1.165, 1.54) is 12.1 Å². The second-order valence-electron chi connectivity index (χ2n) is 7.17. The fourth-order valence-corrected chi connectivity index (χ4v) is 3.65. The number of likely N-dealkylation sites (tertiary alicyclic amines) is 1. The molecule has 2 amide bonds. The van der Waals surface area contributed by atoms with E-state index in [4.69, 9.17) is 0 Å². The molecule has 0 bridgehead atoms. The molecule has 2 fully saturated rings. The first kappa shape index (κ1) is 18.7. The summed E-state index contributed by atoms with van der Waals surface area (Å²) in [5.74, 6) is -0.671. The first-order chi connectivity index (χ1) is 12.3. The zero-order valence-electron chi connectivity index (χ0n) is 14.7. The number of carbonyl (C=O) groups is 2. The molecule has 4 nitrogen and oxygen atoms in total. The Morgan fingerprint density at radius 3 is 2.62 bits per heavy atom. The molecule has 1 atom stereocenters. The number of piperidine rings is 1. The third kappa shape index (κ3) is 3.57. The number of hydrogen-bond acceptors (Lipinski definition) is 2. The van der Waals surface area contributed by atoms with Crippen LogP contribution in [0.15, 0.2) is 24.3 Å². The van der Waals surface area contributed by atoms with Crippen LogP contribution in [0.4, 0.5) is 18.9 Å². The van der Waals surface area contributed by atoms with Crippen molar-refractivity contribution in [3.8, 4) is 0 Å². The van der Waals surface area contributed by atoms with Gasteiger partial charge in [0.15, 0.2) is 0 Å². The van der Waals surface area contributed by atoms with Crippen LogP contribution >= 0.6 is 0 Å². The number of amides is 2. The monoisotopic (exact) mass is 368 g/mol. The largest absolute Gasteiger partial charge is 0.416 e. The van der Waals surface area contributed by atoms with Crippen molar-refractivity contribution < 1.29 is 22.8 Å². The number of nitrogens with one attached hydrogen (secondary N) is 1. The van der Waals surface area contributed by atoms with E-state index in [0.717, 1.165) is 37.8 Å². The first-order valence-electron chi connectivity index (χ1n) is 9.08. The maximum atomic E-state index is 13.0. The highest BCUT2D eigenvalue weighted by Crippen LogP contribution is 2.49. The second kappa shape index (κ2) is 6.93. The van der Waals surface area contributed by atoms with Crippen LogP contribution in [0.25, 0.3) is 0 Å². The van der Waals surface area contributed by atoms with Crippen LogP contribution in [0.1, 0.15) is 51.0 Å². The summed E-state index contributed by atoms with van der Waals surface area (Å²) in [5.41, 5.74) is -1.87. The summed E-state index contributed by atoms with van der Waals surface area (Å²) < 4.78 is 38.5.